The number of hydrogen-bond acceptors (Lipinski definition) is 3. The van der Waals surface area contributed by atoms with Crippen molar-refractivity contribution in [3.05, 3.63) is 40.6 Å². The monoisotopic (exact) mass is 221 g/mol. The van der Waals surface area contributed by atoms with Crippen LogP contribution in [0.25, 0.3) is 0 Å². The van der Waals surface area contributed by atoms with E-state index in [1.165, 1.54) is 10.6 Å². The maximum atomic E-state index is 4.15. The Balaban J connectivity index is 2.15. The Morgan fingerprint density at radius 1 is 1.60 bits per heavy atom. The van der Waals surface area contributed by atoms with E-state index in [2.05, 4.69) is 32.4 Å². The highest BCUT2D eigenvalue weighted by Gasteiger charge is 2.13. The topological polar surface area (TPSA) is 29.9 Å². The first-order valence-corrected chi connectivity index (χ1v) is 5.85. The van der Waals surface area contributed by atoms with Crippen LogP contribution in [-0.4, -0.2) is 16.6 Å². The second-order valence-corrected chi connectivity index (χ2v) is 4.59. The van der Waals surface area contributed by atoms with Gasteiger partial charge in [0.15, 0.2) is 0 Å². The molecule has 3 nitrogen and oxygen atoms in total. The zero-order chi connectivity index (χ0) is 10.7. The maximum absolute atomic E-state index is 4.15. The molecule has 0 saturated heterocycles. The van der Waals surface area contributed by atoms with Crippen molar-refractivity contribution in [3.63, 3.8) is 0 Å². The summed E-state index contributed by atoms with van der Waals surface area (Å²) >= 11 is 1.80. The zero-order valence-corrected chi connectivity index (χ0v) is 9.79. The van der Waals surface area contributed by atoms with Crippen molar-refractivity contribution in [2.45, 2.75) is 12.5 Å². The minimum atomic E-state index is 0.344. The Kier molecular flexibility index (Phi) is 3.18. The summed E-state index contributed by atoms with van der Waals surface area (Å²) in [5.74, 6) is 0. The van der Waals surface area contributed by atoms with Gasteiger partial charge in [0.05, 0.1) is 18.1 Å². The molecule has 0 radical (unpaired) electrons. The van der Waals surface area contributed by atoms with Crippen LogP contribution in [0.1, 0.15) is 16.6 Å². The minimum absolute atomic E-state index is 0.344. The Morgan fingerprint density at radius 2 is 2.47 bits per heavy atom. The molecule has 1 unspecified atom stereocenters. The van der Waals surface area contributed by atoms with Gasteiger partial charge in [0.25, 0.3) is 0 Å². The van der Waals surface area contributed by atoms with Crippen molar-refractivity contribution in [2.75, 3.05) is 7.05 Å². The van der Waals surface area contributed by atoms with E-state index in [1.807, 2.05) is 26.6 Å². The van der Waals surface area contributed by atoms with Gasteiger partial charge in [-0.2, -0.15) is 0 Å². The number of likely N-dealkylation sites (N-methyl/N-ethyl adjacent to an activating group) is 1. The van der Waals surface area contributed by atoms with E-state index in [-0.39, 0.29) is 0 Å². The Labute approximate surface area is 93.8 Å². The Hall–Kier alpha value is -1.13. The van der Waals surface area contributed by atoms with Crippen LogP contribution in [0.5, 0.6) is 0 Å². The van der Waals surface area contributed by atoms with Crippen LogP contribution >= 0.6 is 11.3 Å². The molecule has 2 aromatic rings. The van der Waals surface area contributed by atoms with Gasteiger partial charge in [-0.15, -0.1) is 11.3 Å². The van der Waals surface area contributed by atoms with Crippen LogP contribution < -0.4 is 5.32 Å². The van der Waals surface area contributed by atoms with E-state index >= 15 is 0 Å². The number of thiophene rings is 1. The minimum Gasteiger partial charge on any atom is -0.336 e. The molecular weight excluding hydrogens is 206 g/mol. The quantitative estimate of drug-likeness (QED) is 0.855. The van der Waals surface area contributed by atoms with Crippen LogP contribution in [0.15, 0.2) is 30.0 Å². The van der Waals surface area contributed by atoms with Crippen molar-refractivity contribution in [3.8, 4) is 0 Å². The number of rotatable bonds is 4. The third-order valence-corrected chi connectivity index (χ3v) is 3.44. The second-order valence-electron chi connectivity index (χ2n) is 3.55. The summed E-state index contributed by atoms with van der Waals surface area (Å²) in [6.07, 6.45) is 4.79. The summed E-state index contributed by atoms with van der Waals surface area (Å²) in [7, 11) is 4.02. The predicted molar refractivity (Wildman–Crippen MR) is 63.0 cm³/mol. The first-order chi connectivity index (χ1) is 7.31. The van der Waals surface area contributed by atoms with Gasteiger partial charge in [-0.05, 0) is 18.5 Å². The summed E-state index contributed by atoms with van der Waals surface area (Å²) in [5.41, 5.74) is 1.23. The molecule has 2 heterocycles. The summed E-state index contributed by atoms with van der Waals surface area (Å²) < 4.78 is 2.06. The van der Waals surface area contributed by atoms with E-state index in [0.29, 0.717) is 6.04 Å². The normalized spacial score (nSPS) is 12.9. The summed E-state index contributed by atoms with van der Waals surface area (Å²) in [4.78, 5) is 5.54. The molecule has 0 amide bonds. The number of nitrogens with zero attached hydrogens (tertiary/aromatic N) is 2. The molecule has 1 atom stereocenters. The highest BCUT2D eigenvalue weighted by atomic mass is 32.1. The van der Waals surface area contributed by atoms with Gasteiger partial charge in [0.2, 0.25) is 0 Å². The van der Waals surface area contributed by atoms with Crippen LogP contribution in [0.2, 0.25) is 0 Å². The first kappa shape index (κ1) is 10.4. The van der Waals surface area contributed by atoms with Crippen LogP contribution in [0.3, 0.4) is 0 Å². The van der Waals surface area contributed by atoms with Crippen molar-refractivity contribution in [1.82, 2.24) is 14.9 Å². The summed E-state index contributed by atoms with van der Waals surface area (Å²) in [6, 6.07) is 4.61. The largest absolute Gasteiger partial charge is 0.336 e. The Morgan fingerprint density at radius 3 is 3.00 bits per heavy atom. The van der Waals surface area contributed by atoms with Crippen molar-refractivity contribution in [1.29, 1.82) is 0 Å². The fourth-order valence-electron chi connectivity index (χ4n) is 1.69. The number of hydrogen-bond donors (Lipinski definition) is 1. The highest BCUT2D eigenvalue weighted by molar-refractivity contribution is 7.09. The summed E-state index contributed by atoms with van der Waals surface area (Å²) in [5, 5.41) is 5.45. The molecule has 2 rings (SSSR count). The zero-order valence-electron chi connectivity index (χ0n) is 8.97. The van der Waals surface area contributed by atoms with Gasteiger partial charge in [-0.25, -0.2) is 4.98 Å². The van der Waals surface area contributed by atoms with Crippen molar-refractivity contribution < 1.29 is 0 Å². The van der Waals surface area contributed by atoms with Gasteiger partial charge < -0.3 is 9.88 Å². The Bertz CT molecular complexity index is 405. The fraction of sp³-hybridized carbons (Fsp3) is 0.364. The molecular formula is C11H15N3S. The standard InChI is InChI=1S/C11H15N3S/c1-12-10(6-9-4-3-5-15-9)11-7-13-8-14(11)2/h3-5,7-8,10,12H,6H2,1-2H3. The number of imidazole rings is 1. The molecule has 0 bridgehead atoms. The lowest BCUT2D eigenvalue weighted by Crippen LogP contribution is -2.20. The third kappa shape index (κ3) is 2.27. The molecule has 0 fully saturated rings. The van der Waals surface area contributed by atoms with Gasteiger partial charge in [-0.1, -0.05) is 6.07 Å². The maximum Gasteiger partial charge on any atom is 0.0946 e. The molecule has 0 aliphatic rings. The van der Waals surface area contributed by atoms with Gasteiger partial charge in [-0.3, -0.25) is 0 Å². The fourth-order valence-corrected chi connectivity index (χ4v) is 2.44. The smallest absolute Gasteiger partial charge is 0.0946 e. The molecule has 0 spiro atoms. The molecule has 0 saturated carbocycles. The van der Waals surface area contributed by atoms with Gasteiger partial charge in [0.1, 0.15) is 0 Å². The molecule has 2 aromatic heterocycles. The van der Waals surface area contributed by atoms with Crippen LogP contribution in [-0.2, 0) is 13.5 Å². The van der Waals surface area contributed by atoms with Gasteiger partial charge in [0, 0.05) is 24.5 Å². The van der Waals surface area contributed by atoms with E-state index in [1.54, 1.807) is 11.3 Å². The van der Waals surface area contributed by atoms with Crippen molar-refractivity contribution >= 4 is 11.3 Å². The van der Waals surface area contributed by atoms with E-state index in [0.717, 1.165) is 6.42 Å². The number of nitrogens with one attached hydrogen (secondary N) is 1. The van der Waals surface area contributed by atoms with E-state index < -0.39 is 0 Å². The number of aryl methyl sites for hydroxylation is 1. The average Bonchev–Trinajstić information content (AvgIpc) is 2.85. The van der Waals surface area contributed by atoms with E-state index in [4.69, 9.17) is 0 Å². The molecule has 4 heteroatoms. The first-order valence-electron chi connectivity index (χ1n) is 4.97. The lowest BCUT2D eigenvalue weighted by atomic mass is 10.1. The third-order valence-electron chi connectivity index (χ3n) is 2.54. The van der Waals surface area contributed by atoms with E-state index in [9.17, 15) is 0 Å². The average molecular weight is 221 g/mol. The summed E-state index contributed by atoms with van der Waals surface area (Å²) in [6.45, 7) is 0. The highest BCUT2D eigenvalue weighted by Crippen LogP contribution is 2.20. The lowest BCUT2D eigenvalue weighted by Gasteiger charge is -2.15. The predicted octanol–water partition coefficient (Wildman–Crippen LogP) is 1.98. The lowest BCUT2D eigenvalue weighted by molar-refractivity contribution is 0.559. The number of aromatic nitrogens is 2. The van der Waals surface area contributed by atoms with Gasteiger partial charge >= 0.3 is 0 Å². The second kappa shape index (κ2) is 4.59. The van der Waals surface area contributed by atoms with Crippen molar-refractivity contribution in [2.24, 2.45) is 7.05 Å². The SMILES string of the molecule is CNC(Cc1cccs1)c1cncn1C. The molecule has 0 aliphatic carbocycles. The molecule has 80 valence electrons. The van der Waals surface area contributed by atoms with Crippen LogP contribution in [0.4, 0.5) is 0 Å². The molecule has 15 heavy (non-hydrogen) atoms. The molecule has 0 aliphatic heterocycles. The van der Waals surface area contributed by atoms with Crippen LogP contribution in [0, 0.1) is 0 Å². The molecule has 1 N–H and O–H groups in total. The molecule has 0 aromatic carbocycles.